The van der Waals surface area contributed by atoms with Gasteiger partial charge in [-0.2, -0.15) is 0 Å². The van der Waals surface area contributed by atoms with Crippen LogP contribution in [0.3, 0.4) is 0 Å². The number of hydrogen-bond acceptors (Lipinski definition) is 2. The van der Waals surface area contributed by atoms with Gasteiger partial charge < -0.3 is 10.2 Å². The Morgan fingerprint density at radius 3 is 2.73 bits per heavy atom. The van der Waals surface area contributed by atoms with E-state index in [0.29, 0.717) is 11.3 Å². The smallest absolute Gasteiger partial charge is 0.148 e. The Morgan fingerprint density at radius 2 is 2.13 bits per heavy atom. The molecule has 2 N–H and O–H groups in total. The number of furan rings is 1. The molecule has 2 rings (SSSR count). The first-order chi connectivity index (χ1) is 7.22. The van der Waals surface area contributed by atoms with Gasteiger partial charge in [0.15, 0.2) is 0 Å². The molecule has 0 atom stereocenters. The highest BCUT2D eigenvalue weighted by Crippen LogP contribution is 2.30. The van der Waals surface area contributed by atoms with Crippen LogP contribution in [0.15, 0.2) is 39.4 Å². The molecule has 1 heterocycles. The van der Waals surface area contributed by atoms with Crippen LogP contribution in [0.2, 0.25) is 0 Å². The number of nitrogens with two attached hydrogens (primary N) is 1. The summed E-state index contributed by atoms with van der Waals surface area (Å²) in [6, 6.07) is 6.55. The van der Waals surface area contributed by atoms with Crippen LogP contribution in [0.25, 0.3) is 11.3 Å². The lowest BCUT2D eigenvalue weighted by molar-refractivity contribution is 0.579. The lowest BCUT2D eigenvalue weighted by atomic mass is 10.1. The van der Waals surface area contributed by atoms with Gasteiger partial charge in [-0.15, -0.1) is 0 Å². The predicted molar refractivity (Wildman–Crippen MR) is 59.7 cm³/mol. The van der Waals surface area contributed by atoms with E-state index in [-0.39, 0.29) is 12.4 Å². The fraction of sp³-hybridized carbons (Fsp3) is 0.0909. The number of halogens is 2. The molecule has 0 radical (unpaired) electrons. The zero-order valence-electron chi connectivity index (χ0n) is 7.84. The first-order valence-corrected chi connectivity index (χ1v) is 5.23. The molecule has 0 unspecified atom stereocenters. The zero-order chi connectivity index (χ0) is 10.8. The van der Waals surface area contributed by atoms with Crippen LogP contribution >= 0.6 is 15.9 Å². The third-order valence-electron chi connectivity index (χ3n) is 2.14. The molecule has 0 bridgehead atoms. The maximum absolute atomic E-state index is 13.2. The summed E-state index contributed by atoms with van der Waals surface area (Å²) < 4.78 is 19.3. The number of rotatable bonds is 2. The standard InChI is InChI=1S/C11H9BrFNO/c12-9-3-4-15-11(9)7-1-2-10(13)8(5-7)6-14/h1-5H,6,14H2. The molecule has 0 spiro atoms. The molecule has 1 aromatic carbocycles. The van der Waals surface area contributed by atoms with Crippen molar-refractivity contribution < 1.29 is 8.81 Å². The van der Waals surface area contributed by atoms with Gasteiger partial charge >= 0.3 is 0 Å². The molecule has 0 aliphatic heterocycles. The monoisotopic (exact) mass is 269 g/mol. The molecule has 0 saturated heterocycles. The molecule has 0 fully saturated rings. The van der Waals surface area contributed by atoms with Gasteiger partial charge in [0.1, 0.15) is 11.6 Å². The summed E-state index contributed by atoms with van der Waals surface area (Å²) in [6.07, 6.45) is 1.57. The fourth-order valence-electron chi connectivity index (χ4n) is 1.37. The van der Waals surface area contributed by atoms with Crippen molar-refractivity contribution in [3.05, 3.63) is 46.4 Å². The number of benzene rings is 1. The minimum absolute atomic E-state index is 0.179. The van der Waals surface area contributed by atoms with Crippen LogP contribution in [0.5, 0.6) is 0 Å². The van der Waals surface area contributed by atoms with Crippen molar-refractivity contribution in [1.29, 1.82) is 0 Å². The molecule has 0 saturated carbocycles. The van der Waals surface area contributed by atoms with Gasteiger partial charge in [-0.3, -0.25) is 0 Å². The maximum Gasteiger partial charge on any atom is 0.148 e. The van der Waals surface area contributed by atoms with E-state index in [0.717, 1.165) is 10.0 Å². The molecular weight excluding hydrogens is 261 g/mol. The van der Waals surface area contributed by atoms with Gasteiger partial charge in [-0.05, 0) is 40.2 Å². The highest BCUT2D eigenvalue weighted by atomic mass is 79.9. The maximum atomic E-state index is 13.2. The van der Waals surface area contributed by atoms with Gasteiger partial charge in [0, 0.05) is 17.7 Å². The summed E-state index contributed by atoms with van der Waals surface area (Å²) >= 11 is 3.35. The third-order valence-corrected chi connectivity index (χ3v) is 2.77. The lowest BCUT2D eigenvalue weighted by Gasteiger charge is -2.03. The van der Waals surface area contributed by atoms with Gasteiger partial charge in [-0.1, -0.05) is 0 Å². The predicted octanol–water partition coefficient (Wildman–Crippen LogP) is 3.31. The van der Waals surface area contributed by atoms with Gasteiger partial charge in [0.05, 0.1) is 10.7 Å². The Hall–Kier alpha value is -1.13. The molecule has 0 aliphatic rings. The fourth-order valence-corrected chi connectivity index (χ4v) is 1.80. The quantitative estimate of drug-likeness (QED) is 0.909. The van der Waals surface area contributed by atoms with Crippen molar-refractivity contribution in [3.63, 3.8) is 0 Å². The van der Waals surface area contributed by atoms with Crippen molar-refractivity contribution in [2.75, 3.05) is 0 Å². The summed E-state index contributed by atoms with van der Waals surface area (Å²) in [5, 5.41) is 0. The summed E-state index contributed by atoms with van der Waals surface area (Å²) in [6.45, 7) is 0.179. The van der Waals surface area contributed by atoms with E-state index >= 15 is 0 Å². The summed E-state index contributed by atoms with van der Waals surface area (Å²) in [5.74, 6) is 0.397. The van der Waals surface area contributed by atoms with E-state index in [1.807, 2.05) is 0 Å². The third kappa shape index (κ3) is 1.96. The molecule has 78 valence electrons. The minimum Gasteiger partial charge on any atom is -0.463 e. The summed E-state index contributed by atoms with van der Waals surface area (Å²) in [7, 11) is 0. The van der Waals surface area contributed by atoms with Crippen molar-refractivity contribution in [2.45, 2.75) is 6.54 Å². The Labute approximate surface area is 95.0 Å². The molecule has 0 aliphatic carbocycles. The average Bonchev–Trinajstić information content (AvgIpc) is 2.65. The van der Waals surface area contributed by atoms with E-state index in [9.17, 15) is 4.39 Å². The van der Waals surface area contributed by atoms with Crippen molar-refractivity contribution >= 4 is 15.9 Å². The highest BCUT2D eigenvalue weighted by Gasteiger charge is 2.09. The van der Waals surface area contributed by atoms with Crippen LogP contribution in [-0.2, 0) is 6.54 Å². The SMILES string of the molecule is NCc1cc(-c2occc2Br)ccc1F. The van der Waals surface area contributed by atoms with Crippen molar-refractivity contribution in [3.8, 4) is 11.3 Å². The van der Waals surface area contributed by atoms with Crippen LogP contribution in [-0.4, -0.2) is 0 Å². The van der Waals surface area contributed by atoms with Crippen molar-refractivity contribution in [2.24, 2.45) is 5.73 Å². The second-order valence-corrected chi connectivity index (χ2v) is 3.96. The Kier molecular flexibility index (Phi) is 2.88. The van der Waals surface area contributed by atoms with Crippen LogP contribution in [0, 0.1) is 5.82 Å². The van der Waals surface area contributed by atoms with Crippen LogP contribution < -0.4 is 5.73 Å². The Morgan fingerprint density at radius 1 is 1.33 bits per heavy atom. The molecular formula is C11H9BrFNO. The summed E-state index contributed by atoms with van der Waals surface area (Å²) in [4.78, 5) is 0. The molecule has 2 aromatic rings. The molecule has 15 heavy (non-hydrogen) atoms. The second kappa shape index (κ2) is 4.16. The van der Waals surface area contributed by atoms with E-state index in [2.05, 4.69) is 15.9 Å². The summed E-state index contributed by atoms with van der Waals surface area (Å²) in [5.41, 5.74) is 6.72. The largest absolute Gasteiger partial charge is 0.463 e. The van der Waals surface area contributed by atoms with Gasteiger partial charge in [-0.25, -0.2) is 4.39 Å². The molecule has 1 aromatic heterocycles. The lowest BCUT2D eigenvalue weighted by Crippen LogP contribution is -1.99. The second-order valence-electron chi connectivity index (χ2n) is 3.11. The topological polar surface area (TPSA) is 39.2 Å². The minimum atomic E-state index is -0.288. The Bertz CT molecular complexity index is 481. The first kappa shape index (κ1) is 10.4. The Balaban J connectivity index is 2.51. The highest BCUT2D eigenvalue weighted by molar-refractivity contribution is 9.10. The van der Waals surface area contributed by atoms with E-state index < -0.39 is 0 Å². The van der Waals surface area contributed by atoms with E-state index in [1.54, 1.807) is 24.5 Å². The van der Waals surface area contributed by atoms with Crippen LogP contribution in [0.4, 0.5) is 4.39 Å². The van der Waals surface area contributed by atoms with Crippen LogP contribution in [0.1, 0.15) is 5.56 Å². The average molecular weight is 270 g/mol. The first-order valence-electron chi connectivity index (χ1n) is 4.44. The van der Waals surface area contributed by atoms with Crippen molar-refractivity contribution in [1.82, 2.24) is 0 Å². The molecule has 4 heteroatoms. The normalized spacial score (nSPS) is 10.6. The molecule has 0 amide bonds. The zero-order valence-corrected chi connectivity index (χ0v) is 9.42. The van der Waals surface area contributed by atoms with Gasteiger partial charge in [0.2, 0.25) is 0 Å². The van der Waals surface area contributed by atoms with E-state index in [1.165, 1.54) is 6.07 Å². The van der Waals surface area contributed by atoms with Gasteiger partial charge in [0.25, 0.3) is 0 Å². The molecule has 2 nitrogen and oxygen atoms in total. The van der Waals surface area contributed by atoms with E-state index in [4.69, 9.17) is 10.2 Å². The number of hydrogen-bond donors (Lipinski definition) is 1.